The smallest absolute Gasteiger partial charge is 0.207 e. The average molecular weight is 201 g/mol. The van der Waals surface area contributed by atoms with Gasteiger partial charge in [0.05, 0.1) is 0 Å². The molecule has 0 fully saturated rings. The van der Waals surface area contributed by atoms with Crippen LogP contribution in [0, 0.1) is 11.6 Å². The van der Waals surface area contributed by atoms with Crippen LogP contribution >= 0.6 is 8.19 Å². The minimum Gasteiger partial charge on any atom is -0.207 e. The monoisotopic (exact) mass is 201 g/mol. The first-order valence-electron chi connectivity index (χ1n) is 2.84. The van der Waals surface area contributed by atoms with Crippen molar-refractivity contribution in [2.45, 2.75) is 0 Å². The zero-order chi connectivity index (χ0) is 9.35. The van der Waals surface area contributed by atoms with E-state index in [1.807, 2.05) is 0 Å². The lowest BCUT2D eigenvalue weighted by molar-refractivity contribution is 0.577. The third-order valence-electron chi connectivity index (χ3n) is 1.14. The van der Waals surface area contributed by atoms with Crippen molar-refractivity contribution in [2.24, 2.45) is 0 Å². The number of hydrogen-bond donors (Lipinski definition) is 0. The summed E-state index contributed by atoms with van der Waals surface area (Å²) in [5, 5.41) is -1.21. The normalized spacial score (nSPS) is 11.8. The molecule has 0 nitrogen and oxygen atoms in total. The highest BCUT2D eigenvalue weighted by Crippen LogP contribution is 2.62. The fourth-order valence-corrected chi connectivity index (χ4v) is 1.23. The minimum absolute atomic E-state index is 0.289. The molecule has 0 unspecified atom stereocenters. The van der Waals surface area contributed by atoms with E-state index in [9.17, 15) is 21.4 Å². The van der Waals surface area contributed by atoms with E-state index in [1.165, 1.54) is 0 Å². The highest BCUT2D eigenvalue weighted by atomic mass is 31.3. The number of halogens is 5. The largest absolute Gasteiger partial charge is 0.602 e. The molecule has 0 radical (unpaired) electrons. The summed E-state index contributed by atoms with van der Waals surface area (Å²) in [5.74, 6) is -2.41. The first-order valence-corrected chi connectivity index (χ1v) is 4.30. The average Bonchev–Trinajstić information content (AvgIpc) is 1.82. The number of rotatable bonds is 1. The molecule has 1 rings (SSSR count). The van der Waals surface area contributed by atoms with Gasteiger partial charge in [0.2, 0.25) is 5.30 Å². The van der Waals surface area contributed by atoms with E-state index in [-0.39, 0.29) is 12.1 Å². The van der Waals surface area contributed by atoms with Crippen LogP contribution in [-0.2, 0) is 0 Å². The maximum atomic E-state index is 12.2. The molecule has 6 heteroatoms. The first kappa shape index (κ1) is 9.39. The van der Waals surface area contributed by atoms with Crippen LogP contribution in [0.25, 0.3) is 0 Å². The van der Waals surface area contributed by atoms with E-state index < -0.39 is 25.1 Å². The Balaban J connectivity index is 3.18. The van der Waals surface area contributed by atoms with Crippen molar-refractivity contribution in [1.29, 1.82) is 0 Å². The van der Waals surface area contributed by atoms with Gasteiger partial charge in [0.15, 0.2) is 0 Å². The molecule has 0 aromatic heterocycles. The molecule has 0 aliphatic carbocycles. The summed E-state index contributed by atoms with van der Waals surface area (Å²) >= 11 is 0. The molecule has 0 N–H and O–H groups in total. The van der Waals surface area contributed by atoms with Crippen molar-refractivity contribution in [3.63, 3.8) is 0 Å². The Labute approximate surface area is 65.7 Å². The van der Waals surface area contributed by atoms with E-state index in [0.29, 0.717) is 6.07 Å². The lowest BCUT2D eigenvalue weighted by atomic mass is 10.3. The van der Waals surface area contributed by atoms with Crippen LogP contribution in [0.1, 0.15) is 0 Å². The molecule has 1 aromatic carbocycles. The van der Waals surface area contributed by atoms with Crippen molar-refractivity contribution in [3.8, 4) is 0 Å². The second kappa shape index (κ2) is 2.98. The van der Waals surface area contributed by atoms with Crippen molar-refractivity contribution < 1.29 is 21.4 Å². The molecule has 0 heterocycles. The summed E-state index contributed by atoms with van der Waals surface area (Å²) < 4.78 is 60.2. The third-order valence-corrected chi connectivity index (χ3v) is 1.98. The third kappa shape index (κ3) is 2.14. The Bertz CT molecular complexity index is 272. The molecule has 0 spiro atoms. The standard InChI is InChI=1S/C6H3F5P/c7-4-1-5(8)3-6(2-4)12(9,10)11/h1-3H/q+1. The predicted molar refractivity (Wildman–Crippen MR) is 36.2 cm³/mol. The van der Waals surface area contributed by atoms with Gasteiger partial charge in [-0.25, -0.2) is 8.78 Å². The molecule has 0 atom stereocenters. The van der Waals surface area contributed by atoms with Gasteiger partial charge in [-0.05, 0) is 0 Å². The van der Waals surface area contributed by atoms with E-state index in [1.54, 1.807) is 0 Å². The predicted octanol–water partition coefficient (Wildman–Crippen LogP) is 3.26. The van der Waals surface area contributed by atoms with Crippen molar-refractivity contribution >= 4 is 13.5 Å². The quantitative estimate of drug-likeness (QED) is 0.483. The van der Waals surface area contributed by atoms with E-state index in [0.717, 1.165) is 0 Å². The van der Waals surface area contributed by atoms with Gasteiger partial charge in [-0.3, -0.25) is 0 Å². The van der Waals surface area contributed by atoms with Crippen LogP contribution in [0.2, 0.25) is 0 Å². The summed E-state index contributed by atoms with van der Waals surface area (Å²) in [6, 6.07) is 0.979. The molecule has 0 aliphatic heterocycles. The van der Waals surface area contributed by atoms with Crippen LogP contribution in [-0.4, -0.2) is 0 Å². The van der Waals surface area contributed by atoms with Crippen LogP contribution in [0.4, 0.5) is 21.4 Å². The molecule has 66 valence electrons. The fraction of sp³-hybridized carbons (Fsp3) is 0. The highest BCUT2D eigenvalue weighted by molar-refractivity contribution is 7.68. The van der Waals surface area contributed by atoms with Gasteiger partial charge in [0.1, 0.15) is 11.6 Å². The van der Waals surface area contributed by atoms with Gasteiger partial charge >= 0.3 is 8.19 Å². The summed E-state index contributed by atoms with van der Waals surface area (Å²) in [6.07, 6.45) is 0. The van der Waals surface area contributed by atoms with Gasteiger partial charge in [0, 0.05) is 30.8 Å². The van der Waals surface area contributed by atoms with E-state index in [4.69, 9.17) is 0 Å². The summed E-state index contributed by atoms with van der Waals surface area (Å²) in [7, 11) is -5.80. The van der Waals surface area contributed by atoms with E-state index >= 15 is 0 Å². The number of hydrogen-bond acceptors (Lipinski definition) is 0. The van der Waals surface area contributed by atoms with E-state index in [2.05, 4.69) is 0 Å². The molecule has 0 saturated heterocycles. The molecule has 0 aliphatic rings. The Morgan fingerprint density at radius 3 is 1.58 bits per heavy atom. The minimum atomic E-state index is -5.80. The van der Waals surface area contributed by atoms with Crippen molar-refractivity contribution in [1.82, 2.24) is 0 Å². The maximum Gasteiger partial charge on any atom is 0.602 e. The molecule has 0 bridgehead atoms. The zero-order valence-corrected chi connectivity index (χ0v) is 6.46. The Morgan fingerprint density at radius 1 is 0.833 bits per heavy atom. The Morgan fingerprint density at radius 2 is 1.25 bits per heavy atom. The topological polar surface area (TPSA) is 0 Å². The maximum absolute atomic E-state index is 12.2. The molecule has 12 heavy (non-hydrogen) atoms. The van der Waals surface area contributed by atoms with Gasteiger partial charge in [0.25, 0.3) is 0 Å². The zero-order valence-electron chi connectivity index (χ0n) is 5.57. The summed E-state index contributed by atoms with van der Waals surface area (Å²) in [6.45, 7) is 0. The molecule has 1 aromatic rings. The van der Waals surface area contributed by atoms with Gasteiger partial charge in [-0.15, -0.1) is 0 Å². The van der Waals surface area contributed by atoms with Crippen molar-refractivity contribution in [3.05, 3.63) is 29.8 Å². The van der Waals surface area contributed by atoms with Gasteiger partial charge in [-0.2, -0.15) is 0 Å². The van der Waals surface area contributed by atoms with Gasteiger partial charge in [-0.1, -0.05) is 0 Å². The highest BCUT2D eigenvalue weighted by Gasteiger charge is 2.47. The fourth-order valence-electron chi connectivity index (χ4n) is 0.686. The van der Waals surface area contributed by atoms with Crippen molar-refractivity contribution in [2.75, 3.05) is 0 Å². The second-order valence-corrected chi connectivity index (χ2v) is 3.48. The van der Waals surface area contributed by atoms with Crippen LogP contribution in [0.15, 0.2) is 18.2 Å². The molecular formula is C6H3F5P+. The lowest BCUT2D eigenvalue weighted by Crippen LogP contribution is -2.02. The molecule has 0 amide bonds. The van der Waals surface area contributed by atoms with Gasteiger partial charge < -0.3 is 0 Å². The second-order valence-electron chi connectivity index (χ2n) is 2.07. The molecular weight excluding hydrogens is 198 g/mol. The van der Waals surface area contributed by atoms with Crippen LogP contribution in [0.5, 0.6) is 0 Å². The SMILES string of the molecule is Fc1cc(F)cc([P+](F)(F)F)c1. The summed E-state index contributed by atoms with van der Waals surface area (Å²) in [5.41, 5.74) is 0. The summed E-state index contributed by atoms with van der Waals surface area (Å²) in [4.78, 5) is 0. The Kier molecular flexibility index (Phi) is 2.33. The molecule has 0 saturated carbocycles. The number of benzene rings is 1. The Hall–Kier alpha value is -0.700. The van der Waals surface area contributed by atoms with Crippen LogP contribution in [0.3, 0.4) is 0 Å². The lowest BCUT2D eigenvalue weighted by Gasteiger charge is -1.94. The first-order chi connectivity index (χ1) is 5.39. The van der Waals surface area contributed by atoms with Crippen LogP contribution < -0.4 is 5.30 Å².